The van der Waals surface area contributed by atoms with Crippen molar-refractivity contribution in [2.24, 2.45) is 0 Å². The zero-order valence-electron chi connectivity index (χ0n) is 7.81. The fraction of sp³-hybridized carbons (Fsp3) is 0.143. The Bertz CT molecular complexity index is 448. The highest BCUT2D eigenvalue weighted by molar-refractivity contribution is 6.02. The molecule has 0 saturated carbocycles. The van der Waals surface area contributed by atoms with Crippen molar-refractivity contribution in [2.45, 2.75) is 0 Å². The summed E-state index contributed by atoms with van der Waals surface area (Å²) in [4.78, 5) is 15.3. The van der Waals surface area contributed by atoms with Crippen LogP contribution in [0.1, 0.15) is 10.4 Å². The van der Waals surface area contributed by atoms with Crippen LogP contribution in [0.2, 0.25) is 0 Å². The fourth-order valence-corrected chi connectivity index (χ4v) is 0.948. The molecule has 0 atom stereocenters. The van der Waals surface area contributed by atoms with Crippen LogP contribution in [0.15, 0.2) is 12.4 Å². The standard InChI is InChI=1S/C7H8N6O2/c1-15-7-11-6(12-13-7)10-5(14)4-2-8-9-3-4/h2-3H,1H3,(H,8,9)(H2,10,11,12,13,14). The number of carbonyl (C=O) groups is 1. The van der Waals surface area contributed by atoms with Gasteiger partial charge in [0.05, 0.1) is 18.9 Å². The molecule has 2 aromatic heterocycles. The molecule has 0 unspecified atom stereocenters. The van der Waals surface area contributed by atoms with Crippen LogP contribution in [0, 0.1) is 0 Å². The zero-order valence-corrected chi connectivity index (χ0v) is 7.81. The Balaban J connectivity index is 2.06. The average Bonchev–Trinajstić information content (AvgIpc) is 2.87. The van der Waals surface area contributed by atoms with Crippen LogP contribution in [0.25, 0.3) is 0 Å². The van der Waals surface area contributed by atoms with Crippen molar-refractivity contribution in [1.82, 2.24) is 25.4 Å². The lowest BCUT2D eigenvalue weighted by molar-refractivity contribution is 0.102. The Morgan fingerprint density at radius 2 is 2.47 bits per heavy atom. The van der Waals surface area contributed by atoms with Gasteiger partial charge in [-0.05, 0) is 0 Å². The average molecular weight is 208 g/mol. The van der Waals surface area contributed by atoms with E-state index in [1.165, 1.54) is 19.5 Å². The normalized spacial score (nSPS) is 9.93. The molecule has 15 heavy (non-hydrogen) atoms. The van der Waals surface area contributed by atoms with E-state index in [1.807, 2.05) is 0 Å². The molecule has 2 aromatic rings. The molecule has 8 heteroatoms. The van der Waals surface area contributed by atoms with E-state index in [1.54, 1.807) is 0 Å². The Morgan fingerprint density at radius 3 is 3.07 bits per heavy atom. The summed E-state index contributed by atoms with van der Waals surface area (Å²) in [6.07, 6.45) is 2.88. The van der Waals surface area contributed by atoms with Gasteiger partial charge < -0.3 is 4.74 Å². The maximum absolute atomic E-state index is 11.5. The molecule has 1 amide bonds. The number of ether oxygens (including phenoxy) is 1. The number of carbonyl (C=O) groups excluding carboxylic acids is 1. The molecule has 0 radical (unpaired) electrons. The number of rotatable bonds is 3. The third-order valence-corrected chi connectivity index (χ3v) is 1.64. The smallest absolute Gasteiger partial charge is 0.336 e. The Morgan fingerprint density at radius 1 is 1.60 bits per heavy atom. The molecule has 3 N–H and O–H groups in total. The van der Waals surface area contributed by atoms with E-state index in [0.29, 0.717) is 5.56 Å². The number of aromatic amines is 2. The van der Waals surface area contributed by atoms with E-state index in [9.17, 15) is 4.79 Å². The molecule has 0 saturated heterocycles. The number of anilines is 1. The lowest BCUT2D eigenvalue weighted by atomic mass is 10.3. The van der Waals surface area contributed by atoms with Gasteiger partial charge in [0.1, 0.15) is 0 Å². The van der Waals surface area contributed by atoms with E-state index in [-0.39, 0.29) is 17.9 Å². The Labute approximate surface area is 84.1 Å². The van der Waals surface area contributed by atoms with Gasteiger partial charge in [-0.1, -0.05) is 0 Å². The van der Waals surface area contributed by atoms with E-state index >= 15 is 0 Å². The van der Waals surface area contributed by atoms with Crippen LogP contribution in [0.3, 0.4) is 0 Å². The van der Waals surface area contributed by atoms with Crippen LogP contribution in [-0.2, 0) is 0 Å². The predicted molar refractivity (Wildman–Crippen MR) is 49.5 cm³/mol. The maximum atomic E-state index is 11.5. The van der Waals surface area contributed by atoms with Gasteiger partial charge in [0.25, 0.3) is 5.91 Å². The summed E-state index contributed by atoms with van der Waals surface area (Å²) >= 11 is 0. The molecule has 0 aliphatic rings. The van der Waals surface area contributed by atoms with Gasteiger partial charge in [-0.15, -0.1) is 5.10 Å². The van der Waals surface area contributed by atoms with Crippen LogP contribution >= 0.6 is 0 Å². The molecular weight excluding hydrogens is 200 g/mol. The lowest BCUT2D eigenvalue weighted by Gasteiger charge is -1.96. The highest BCUT2D eigenvalue weighted by atomic mass is 16.5. The first-order chi connectivity index (χ1) is 7.29. The van der Waals surface area contributed by atoms with Gasteiger partial charge in [0, 0.05) is 6.20 Å². The largest absolute Gasteiger partial charge is 0.466 e. The van der Waals surface area contributed by atoms with Crippen molar-refractivity contribution in [3.8, 4) is 6.01 Å². The summed E-state index contributed by atoms with van der Waals surface area (Å²) in [5.41, 5.74) is 0.408. The monoisotopic (exact) mass is 208 g/mol. The SMILES string of the molecule is COc1n[nH]c(NC(=O)c2cn[nH]c2)n1. The van der Waals surface area contributed by atoms with Gasteiger partial charge in [-0.25, -0.2) is 5.10 Å². The topological polar surface area (TPSA) is 109 Å². The van der Waals surface area contributed by atoms with Crippen LogP contribution in [-0.4, -0.2) is 38.4 Å². The van der Waals surface area contributed by atoms with Crippen molar-refractivity contribution >= 4 is 11.9 Å². The molecule has 0 bridgehead atoms. The van der Waals surface area contributed by atoms with Crippen molar-refractivity contribution in [2.75, 3.05) is 12.4 Å². The number of aromatic nitrogens is 5. The molecule has 8 nitrogen and oxygen atoms in total. The second-order valence-electron chi connectivity index (χ2n) is 2.61. The van der Waals surface area contributed by atoms with Crippen molar-refractivity contribution in [3.05, 3.63) is 18.0 Å². The van der Waals surface area contributed by atoms with Crippen LogP contribution in [0.5, 0.6) is 6.01 Å². The third-order valence-electron chi connectivity index (χ3n) is 1.64. The molecule has 0 aromatic carbocycles. The molecule has 2 heterocycles. The summed E-state index contributed by atoms with van der Waals surface area (Å²) in [6.45, 7) is 0. The van der Waals surface area contributed by atoms with E-state index < -0.39 is 0 Å². The predicted octanol–water partition coefficient (Wildman–Crippen LogP) is -0.211. The second kappa shape index (κ2) is 3.78. The van der Waals surface area contributed by atoms with E-state index in [4.69, 9.17) is 4.74 Å². The first kappa shape index (κ1) is 9.19. The Hall–Kier alpha value is -2.38. The third kappa shape index (κ3) is 1.93. The number of nitrogens with one attached hydrogen (secondary N) is 3. The number of methoxy groups -OCH3 is 1. The first-order valence-electron chi connectivity index (χ1n) is 4.06. The number of hydrogen-bond donors (Lipinski definition) is 3. The van der Waals surface area contributed by atoms with Gasteiger partial charge >= 0.3 is 6.01 Å². The number of nitrogens with zero attached hydrogens (tertiary/aromatic N) is 3. The van der Waals surface area contributed by atoms with Gasteiger partial charge in [-0.3, -0.25) is 15.2 Å². The molecule has 0 aliphatic heterocycles. The summed E-state index contributed by atoms with van der Waals surface area (Å²) in [5, 5.41) is 14.8. The minimum atomic E-state index is -0.331. The number of hydrogen-bond acceptors (Lipinski definition) is 5. The minimum absolute atomic E-state index is 0.164. The fourth-order valence-electron chi connectivity index (χ4n) is 0.948. The zero-order chi connectivity index (χ0) is 10.7. The van der Waals surface area contributed by atoms with Gasteiger partial charge in [0.15, 0.2) is 0 Å². The molecule has 0 spiro atoms. The molecular formula is C7H8N6O2. The van der Waals surface area contributed by atoms with Gasteiger partial charge in [0.2, 0.25) is 5.95 Å². The van der Waals surface area contributed by atoms with Gasteiger partial charge in [-0.2, -0.15) is 10.1 Å². The van der Waals surface area contributed by atoms with E-state index in [0.717, 1.165) is 0 Å². The van der Waals surface area contributed by atoms with Crippen molar-refractivity contribution in [3.63, 3.8) is 0 Å². The summed E-state index contributed by atoms with van der Waals surface area (Å²) < 4.78 is 4.74. The van der Waals surface area contributed by atoms with E-state index in [2.05, 4.69) is 30.7 Å². The number of H-pyrrole nitrogens is 2. The van der Waals surface area contributed by atoms with Crippen molar-refractivity contribution < 1.29 is 9.53 Å². The Kier molecular flexibility index (Phi) is 2.31. The molecule has 2 rings (SSSR count). The second-order valence-corrected chi connectivity index (χ2v) is 2.61. The van der Waals surface area contributed by atoms with Crippen LogP contribution < -0.4 is 10.1 Å². The molecule has 0 aliphatic carbocycles. The highest BCUT2D eigenvalue weighted by Crippen LogP contribution is 2.06. The quantitative estimate of drug-likeness (QED) is 0.646. The van der Waals surface area contributed by atoms with Crippen LogP contribution in [0.4, 0.5) is 5.95 Å². The summed E-state index contributed by atoms with van der Waals surface area (Å²) in [6, 6.07) is 0.164. The summed E-state index contributed by atoms with van der Waals surface area (Å²) in [7, 11) is 1.44. The lowest BCUT2D eigenvalue weighted by Crippen LogP contribution is -2.12. The minimum Gasteiger partial charge on any atom is -0.466 e. The molecule has 78 valence electrons. The highest BCUT2D eigenvalue weighted by Gasteiger charge is 2.09. The molecule has 0 fully saturated rings. The van der Waals surface area contributed by atoms with Crippen molar-refractivity contribution in [1.29, 1.82) is 0 Å². The number of amides is 1. The first-order valence-corrected chi connectivity index (χ1v) is 4.06. The summed E-state index contributed by atoms with van der Waals surface area (Å²) in [5.74, 6) is -0.111. The maximum Gasteiger partial charge on any atom is 0.336 e.